The van der Waals surface area contributed by atoms with Crippen LogP contribution in [0.1, 0.15) is 17.3 Å². The first-order valence-corrected chi connectivity index (χ1v) is 5.58. The Kier molecular flexibility index (Phi) is 3.28. The Labute approximate surface area is 108 Å². The lowest BCUT2D eigenvalue weighted by molar-refractivity contribution is -0.384. The van der Waals surface area contributed by atoms with Crippen LogP contribution in [0.5, 0.6) is 0 Å². The molecule has 0 unspecified atom stereocenters. The molecule has 19 heavy (non-hydrogen) atoms. The zero-order valence-electron chi connectivity index (χ0n) is 10.1. The third kappa shape index (κ3) is 2.30. The first kappa shape index (κ1) is 12.7. The maximum atomic E-state index is 11.1. The average molecular weight is 261 g/mol. The molecule has 2 rings (SSSR count). The van der Waals surface area contributed by atoms with E-state index >= 15 is 0 Å². The molecule has 0 bridgehead atoms. The molecule has 0 aliphatic heterocycles. The molecule has 0 amide bonds. The van der Waals surface area contributed by atoms with Gasteiger partial charge in [0.05, 0.1) is 21.7 Å². The van der Waals surface area contributed by atoms with Gasteiger partial charge in [0.15, 0.2) is 0 Å². The second-order valence-corrected chi connectivity index (χ2v) is 3.83. The molecule has 1 heterocycles. The fraction of sp³-hybridized carbons (Fsp3) is 0.167. The third-order valence-electron chi connectivity index (χ3n) is 2.73. The van der Waals surface area contributed by atoms with Crippen molar-refractivity contribution in [2.75, 3.05) is 0 Å². The van der Waals surface area contributed by atoms with Gasteiger partial charge in [-0.1, -0.05) is 0 Å². The predicted molar refractivity (Wildman–Crippen MR) is 67.0 cm³/mol. The summed E-state index contributed by atoms with van der Waals surface area (Å²) in [5.74, 6) is -1.20. The first-order valence-electron chi connectivity index (χ1n) is 5.58. The number of carboxylic acid groups (broad SMARTS) is 1. The highest BCUT2D eigenvalue weighted by Gasteiger charge is 2.20. The molecule has 1 aromatic carbocycles. The molecule has 0 aliphatic carbocycles. The number of hydrogen-bond donors (Lipinski definition) is 1. The minimum Gasteiger partial charge on any atom is -0.478 e. The smallest absolute Gasteiger partial charge is 0.335 e. The van der Waals surface area contributed by atoms with E-state index in [0.29, 0.717) is 17.8 Å². The highest BCUT2D eigenvalue weighted by molar-refractivity contribution is 5.90. The van der Waals surface area contributed by atoms with E-state index in [1.54, 1.807) is 16.9 Å². The molecule has 1 N–H and O–H groups in total. The van der Waals surface area contributed by atoms with Gasteiger partial charge in [-0.3, -0.25) is 14.8 Å². The van der Waals surface area contributed by atoms with Crippen molar-refractivity contribution in [3.8, 4) is 11.3 Å². The summed E-state index contributed by atoms with van der Waals surface area (Å²) in [6.07, 6.45) is 1.55. The summed E-state index contributed by atoms with van der Waals surface area (Å²) in [6, 6.07) is 5.50. The van der Waals surface area contributed by atoms with Crippen LogP contribution in [0.3, 0.4) is 0 Å². The number of hydrogen-bond acceptors (Lipinski definition) is 4. The van der Waals surface area contributed by atoms with Crippen molar-refractivity contribution in [2.45, 2.75) is 13.5 Å². The summed E-state index contributed by atoms with van der Waals surface area (Å²) < 4.78 is 1.61. The quantitative estimate of drug-likeness (QED) is 0.671. The Balaban J connectivity index is 2.63. The Hall–Kier alpha value is -2.70. The van der Waals surface area contributed by atoms with Crippen LogP contribution in [0.15, 0.2) is 30.5 Å². The van der Waals surface area contributed by atoms with Gasteiger partial charge < -0.3 is 5.11 Å². The van der Waals surface area contributed by atoms with Crippen molar-refractivity contribution >= 4 is 11.7 Å². The molecule has 0 saturated carbocycles. The zero-order chi connectivity index (χ0) is 14.0. The molecule has 0 aliphatic rings. The molecular formula is C12H11N3O4. The van der Waals surface area contributed by atoms with Gasteiger partial charge in [-0.2, -0.15) is 5.10 Å². The summed E-state index contributed by atoms with van der Waals surface area (Å²) in [5, 5.41) is 24.0. The second-order valence-electron chi connectivity index (χ2n) is 3.83. The predicted octanol–water partition coefficient (Wildman–Crippen LogP) is 2.18. The third-order valence-corrected chi connectivity index (χ3v) is 2.73. The number of nitro benzene ring substituents is 1. The number of nitrogens with zero attached hydrogens (tertiary/aromatic N) is 3. The summed E-state index contributed by atoms with van der Waals surface area (Å²) in [5.41, 5.74) is 0.591. The monoisotopic (exact) mass is 261 g/mol. The van der Waals surface area contributed by atoms with Crippen LogP contribution in [-0.2, 0) is 6.54 Å². The Morgan fingerprint density at radius 1 is 1.47 bits per heavy atom. The van der Waals surface area contributed by atoms with E-state index in [4.69, 9.17) is 5.11 Å². The van der Waals surface area contributed by atoms with Crippen molar-refractivity contribution in [2.24, 2.45) is 0 Å². The van der Waals surface area contributed by atoms with E-state index in [2.05, 4.69) is 5.10 Å². The molecule has 7 heteroatoms. The molecule has 2 aromatic rings. The molecule has 0 spiro atoms. The number of rotatable bonds is 4. The van der Waals surface area contributed by atoms with Crippen LogP contribution in [0, 0.1) is 10.1 Å². The lowest BCUT2D eigenvalue weighted by atomic mass is 10.1. The molecule has 0 radical (unpaired) electrons. The number of aryl methyl sites for hydroxylation is 1. The minimum atomic E-state index is -1.20. The van der Waals surface area contributed by atoms with E-state index in [1.807, 2.05) is 6.92 Å². The number of benzene rings is 1. The number of carboxylic acids is 1. The largest absolute Gasteiger partial charge is 0.478 e. The van der Waals surface area contributed by atoms with Crippen molar-refractivity contribution in [3.63, 3.8) is 0 Å². The summed E-state index contributed by atoms with van der Waals surface area (Å²) in [4.78, 5) is 21.3. The van der Waals surface area contributed by atoms with Crippen LogP contribution in [-0.4, -0.2) is 25.8 Å². The SMILES string of the molecule is CCn1nccc1-c1ccc(C(=O)O)cc1[N+](=O)[O-]. The van der Waals surface area contributed by atoms with Gasteiger partial charge in [0.25, 0.3) is 5.69 Å². The van der Waals surface area contributed by atoms with Gasteiger partial charge in [0, 0.05) is 18.8 Å². The van der Waals surface area contributed by atoms with Crippen LogP contribution >= 0.6 is 0 Å². The maximum Gasteiger partial charge on any atom is 0.335 e. The standard InChI is InChI=1S/C12H11N3O4/c1-2-14-10(5-6-13-14)9-4-3-8(12(16)17)7-11(9)15(18)19/h3-7H,2H2,1H3,(H,16,17). The Morgan fingerprint density at radius 3 is 2.79 bits per heavy atom. The van der Waals surface area contributed by atoms with Gasteiger partial charge in [0.2, 0.25) is 0 Å². The van der Waals surface area contributed by atoms with E-state index < -0.39 is 10.9 Å². The van der Waals surface area contributed by atoms with Crippen LogP contribution < -0.4 is 0 Å². The van der Waals surface area contributed by atoms with Crippen LogP contribution in [0.4, 0.5) is 5.69 Å². The number of aromatic nitrogens is 2. The van der Waals surface area contributed by atoms with Gasteiger partial charge in [-0.15, -0.1) is 0 Å². The zero-order valence-corrected chi connectivity index (χ0v) is 10.1. The highest BCUT2D eigenvalue weighted by atomic mass is 16.6. The Bertz CT molecular complexity index is 648. The fourth-order valence-corrected chi connectivity index (χ4v) is 1.85. The van der Waals surface area contributed by atoms with Crippen LogP contribution in [0.25, 0.3) is 11.3 Å². The van der Waals surface area contributed by atoms with Crippen molar-refractivity contribution in [1.82, 2.24) is 9.78 Å². The number of nitro groups is 1. The minimum absolute atomic E-state index is 0.113. The van der Waals surface area contributed by atoms with Crippen LogP contribution in [0.2, 0.25) is 0 Å². The maximum absolute atomic E-state index is 11.1. The van der Waals surface area contributed by atoms with Crippen molar-refractivity contribution in [3.05, 3.63) is 46.1 Å². The van der Waals surface area contributed by atoms with Gasteiger partial charge in [-0.05, 0) is 25.1 Å². The highest BCUT2D eigenvalue weighted by Crippen LogP contribution is 2.30. The second kappa shape index (κ2) is 4.89. The number of carbonyl (C=O) groups is 1. The first-order chi connectivity index (χ1) is 9.04. The number of aromatic carboxylic acids is 1. The van der Waals surface area contributed by atoms with Gasteiger partial charge in [0.1, 0.15) is 0 Å². The Morgan fingerprint density at radius 2 is 2.21 bits per heavy atom. The van der Waals surface area contributed by atoms with Gasteiger partial charge >= 0.3 is 5.97 Å². The lowest BCUT2D eigenvalue weighted by Crippen LogP contribution is -2.03. The molecule has 0 saturated heterocycles. The molecule has 0 fully saturated rings. The topological polar surface area (TPSA) is 98.3 Å². The summed E-state index contributed by atoms with van der Waals surface area (Å²) >= 11 is 0. The van der Waals surface area contributed by atoms with Crippen molar-refractivity contribution < 1.29 is 14.8 Å². The normalized spacial score (nSPS) is 10.4. The van der Waals surface area contributed by atoms with E-state index in [1.165, 1.54) is 12.1 Å². The molecule has 1 aromatic heterocycles. The van der Waals surface area contributed by atoms with E-state index in [9.17, 15) is 14.9 Å². The lowest BCUT2D eigenvalue weighted by Gasteiger charge is -2.06. The molecule has 98 valence electrons. The van der Waals surface area contributed by atoms with E-state index in [-0.39, 0.29) is 11.3 Å². The van der Waals surface area contributed by atoms with Crippen molar-refractivity contribution in [1.29, 1.82) is 0 Å². The summed E-state index contributed by atoms with van der Waals surface area (Å²) in [7, 11) is 0. The molecular weight excluding hydrogens is 250 g/mol. The molecule has 0 atom stereocenters. The summed E-state index contributed by atoms with van der Waals surface area (Å²) in [6.45, 7) is 2.44. The molecule has 7 nitrogen and oxygen atoms in total. The van der Waals surface area contributed by atoms with Gasteiger partial charge in [-0.25, -0.2) is 4.79 Å². The average Bonchev–Trinajstić information content (AvgIpc) is 2.85. The van der Waals surface area contributed by atoms with E-state index in [0.717, 1.165) is 6.07 Å². The fourth-order valence-electron chi connectivity index (χ4n) is 1.85.